The van der Waals surface area contributed by atoms with Crippen molar-refractivity contribution in [1.29, 1.82) is 0 Å². The molecule has 1 saturated heterocycles. The lowest BCUT2D eigenvalue weighted by atomic mass is 10.1. The van der Waals surface area contributed by atoms with Gasteiger partial charge in [0.1, 0.15) is 0 Å². The van der Waals surface area contributed by atoms with E-state index in [1.165, 1.54) is 0 Å². The van der Waals surface area contributed by atoms with E-state index in [0.717, 1.165) is 18.4 Å². The van der Waals surface area contributed by atoms with E-state index in [4.69, 9.17) is 4.55 Å². The van der Waals surface area contributed by atoms with E-state index >= 15 is 0 Å². The Morgan fingerprint density at radius 1 is 1.32 bits per heavy atom. The Labute approximate surface area is 113 Å². The van der Waals surface area contributed by atoms with Crippen molar-refractivity contribution in [3.8, 4) is 0 Å². The van der Waals surface area contributed by atoms with Gasteiger partial charge in [-0.15, -0.1) is 0 Å². The molecule has 1 aliphatic heterocycles. The van der Waals surface area contributed by atoms with E-state index in [9.17, 15) is 8.42 Å². The van der Waals surface area contributed by atoms with E-state index in [1.54, 1.807) is 0 Å². The average molecular weight is 285 g/mol. The molecule has 1 aliphatic rings. The Balaban J connectivity index is 1.97. The standard InChI is InChI=1S/C12H19N3O3S/c1-2-3-10-8-13-12(14-9-10)15-6-4-11(5-7-15)19(16,17)18/h8-9,11H,2-7H2,1H3,(H,16,17,18). The van der Waals surface area contributed by atoms with E-state index in [2.05, 4.69) is 16.9 Å². The van der Waals surface area contributed by atoms with Crippen LogP contribution in [0.5, 0.6) is 0 Å². The zero-order chi connectivity index (χ0) is 13.9. The number of anilines is 1. The third-order valence-electron chi connectivity index (χ3n) is 3.38. The number of aryl methyl sites for hydroxylation is 1. The predicted octanol–water partition coefficient (Wildman–Crippen LogP) is 1.29. The van der Waals surface area contributed by atoms with E-state index in [-0.39, 0.29) is 0 Å². The minimum Gasteiger partial charge on any atom is -0.341 e. The van der Waals surface area contributed by atoms with Gasteiger partial charge < -0.3 is 4.90 Å². The summed E-state index contributed by atoms with van der Waals surface area (Å²) >= 11 is 0. The van der Waals surface area contributed by atoms with Crippen molar-refractivity contribution in [2.24, 2.45) is 0 Å². The monoisotopic (exact) mass is 285 g/mol. The molecule has 0 unspecified atom stereocenters. The second-order valence-electron chi connectivity index (χ2n) is 4.84. The van der Waals surface area contributed by atoms with Gasteiger partial charge in [-0.25, -0.2) is 9.97 Å². The van der Waals surface area contributed by atoms with Crippen LogP contribution < -0.4 is 4.90 Å². The van der Waals surface area contributed by atoms with Crippen molar-refractivity contribution in [2.45, 2.75) is 37.9 Å². The highest BCUT2D eigenvalue weighted by Crippen LogP contribution is 2.20. The molecule has 19 heavy (non-hydrogen) atoms. The van der Waals surface area contributed by atoms with Gasteiger partial charge in [-0.05, 0) is 24.8 Å². The highest BCUT2D eigenvalue weighted by molar-refractivity contribution is 7.86. The van der Waals surface area contributed by atoms with Crippen LogP contribution >= 0.6 is 0 Å². The number of aromatic nitrogens is 2. The molecule has 0 amide bonds. The fourth-order valence-electron chi connectivity index (χ4n) is 2.28. The summed E-state index contributed by atoms with van der Waals surface area (Å²) in [6.07, 6.45) is 6.49. The summed E-state index contributed by atoms with van der Waals surface area (Å²) < 4.78 is 31.1. The Hall–Kier alpha value is -1.21. The van der Waals surface area contributed by atoms with Gasteiger partial charge in [0, 0.05) is 25.5 Å². The van der Waals surface area contributed by atoms with Gasteiger partial charge in [-0.1, -0.05) is 13.3 Å². The van der Waals surface area contributed by atoms with Crippen molar-refractivity contribution in [3.63, 3.8) is 0 Å². The number of hydrogen-bond donors (Lipinski definition) is 1. The molecule has 0 bridgehead atoms. The summed E-state index contributed by atoms with van der Waals surface area (Å²) in [6, 6.07) is 0. The average Bonchev–Trinajstić information content (AvgIpc) is 2.39. The lowest BCUT2D eigenvalue weighted by molar-refractivity contribution is 0.443. The van der Waals surface area contributed by atoms with Crippen LogP contribution in [0.1, 0.15) is 31.7 Å². The molecule has 1 fully saturated rings. The smallest absolute Gasteiger partial charge is 0.267 e. The van der Waals surface area contributed by atoms with Gasteiger partial charge in [-0.3, -0.25) is 4.55 Å². The molecule has 1 aromatic heterocycles. The van der Waals surface area contributed by atoms with Gasteiger partial charge in [0.2, 0.25) is 5.95 Å². The Morgan fingerprint density at radius 3 is 2.37 bits per heavy atom. The highest BCUT2D eigenvalue weighted by atomic mass is 32.2. The summed E-state index contributed by atoms with van der Waals surface area (Å²) in [5.74, 6) is 0.633. The topological polar surface area (TPSA) is 83.4 Å². The molecule has 1 aromatic rings. The molecule has 2 heterocycles. The van der Waals surface area contributed by atoms with Gasteiger partial charge in [-0.2, -0.15) is 8.42 Å². The van der Waals surface area contributed by atoms with Crippen molar-refractivity contribution in [2.75, 3.05) is 18.0 Å². The zero-order valence-corrected chi connectivity index (χ0v) is 11.8. The van der Waals surface area contributed by atoms with Crippen LogP contribution in [0.25, 0.3) is 0 Å². The maximum absolute atomic E-state index is 11.1. The minimum atomic E-state index is -3.91. The molecule has 0 saturated carbocycles. The Bertz CT molecular complexity index is 508. The third-order valence-corrected chi connectivity index (χ3v) is 4.69. The Morgan fingerprint density at radius 2 is 1.89 bits per heavy atom. The number of nitrogens with zero attached hydrogens (tertiary/aromatic N) is 3. The SMILES string of the molecule is CCCc1cnc(N2CCC(S(=O)(=O)O)CC2)nc1. The second-order valence-corrected chi connectivity index (χ2v) is 6.54. The summed E-state index contributed by atoms with van der Waals surface area (Å²) in [6.45, 7) is 3.21. The molecule has 106 valence electrons. The van der Waals surface area contributed by atoms with E-state index in [1.807, 2.05) is 17.3 Å². The molecular formula is C12H19N3O3S. The number of rotatable bonds is 4. The van der Waals surface area contributed by atoms with Crippen molar-refractivity contribution >= 4 is 16.1 Å². The third kappa shape index (κ3) is 3.63. The summed E-state index contributed by atoms with van der Waals surface area (Å²) in [7, 11) is -3.91. The molecule has 0 spiro atoms. The molecular weight excluding hydrogens is 266 g/mol. The first-order valence-corrected chi connectivity index (χ1v) is 8.03. The summed E-state index contributed by atoms with van der Waals surface area (Å²) in [4.78, 5) is 10.6. The number of hydrogen-bond acceptors (Lipinski definition) is 5. The number of piperidine rings is 1. The minimum absolute atomic E-state index is 0.416. The van der Waals surface area contributed by atoms with Crippen LogP contribution in [0.2, 0.25) is 0 Å². The molecule has 6 nitrogen and oxygen atoms in total. The largest absolute Gasteiger partial charge is 0.341 e. The van der Waals surface area contributed by atoms with Crippen LogP contribution in [-0.4, -0.2) is 41.3 Å². The van der Waals surface area contributed by atoms with Crippen molar-refractivity contribution in [1.82, 2.24) is 9.97 Å². The molecule has 0 atom stereocenters. The van der Waals surface area contributed by atoms with E-state index < -0.39 is 15.4 Å². The lowest BCUT2D eigenvalue weighted by Crippen LogP contribution is -2.39. The predicted molar refractivity (Wildman–Crippen MR) is 72.8 cm³/mol. The molecule has 0 aliphatic carbocycles. The quantitative estimate of drug-likeness (QED) is 0.839. The maximum Gasteiger partial charge on any atom is 0.267 e. The van der Waals surface area contributed by atoms with Crippen LogP contribution in [0.15, 0.2) is 12.4 Å². The molecule has 1 N–H and O–H groups in total. The fraction of sp³-hybridized carbons (Fsp3) is 0.667. The summed E-state index contributed by atoms with van der Waals surface area (Å²) in [5.41, 5.74) is 1.11. The van der Waals surface area contributed by atoms with Crippen LogP contribution in [0.3, 0.4) is 0 Å². The molecule has 0 radical (unpaired) electrons. The normalized spacial score (nSPS) is 17.7. The second kappa shape index (κ2) is 5.83. The van der Waals surface area contributed by atoms with Crippen LogP contribution in [0, 0.1) is 0 Å². The fourth-order valence-corrected chi connectivity index (χ4v) is 3.09. The molecule has 0 aromatic carbocycles. The Kier molecular flexibility index (Phi) is 4.36. The first-order valence-electron chi connectivity index (χ1n) is 6.53. The zero-order valence-electron chi connectivity index (χ0n) is 11.0. The van der Waals surface area contributed by atoms with Crippen LogP contribution in [0.4, 0.5) is 5.95 Å². The maximum atomic E-state index is 11.1. The molecule has 7 heteroatoms. The van der Waals surface area contributed by atoms with Gasteiger partial charge in [0.25, 0.3) is 10.1 Å². The van der Waals surface area contributed by atoms with E-state index in [0.29, 0.717) is 31.9 Å². The first-order chi connectivity index (χ1) is 9.00. The molecule has 2 rings (SSSR count). The van der Waals surface area contributed by atoms with Gasteiger partial charge in [0.05, 0.1) is 5.25 Å². The van der Waals surface area contributed by atoms with Gasteiger partial charge in [0.15, 0.2) is 0 Å². The van der Waals surface area contributed by atoms with Crippen molar-refractivity contribution < 1.29 is 13.0 Å². The van der Waals surface area contributed by atoms with Crippen LogP contribution in [-0.2, 0) is 16.5 Å². The van der Waals surface area contributed by atoms with Crippen molar-refractivity contribution in [3.05, 3.63) is 18.0 Å². The lowest BCUT2D eigenvalue weighted by Gasteiger charge is -2.30. The highest BCUT2D eigenvalue weighted by Gasteiger charge is 2.29. The van der Waals surface area contributed by atoms with Gasteiger partial charge >= 0.3 is 0 Å². The summed E-state index contributed by atoms with van der Waals surface area (Å²) in [5, 5.41) is -0.650. The first kappa shape index (κ1) is 14.2.